The summed E-state index contributed by atoms with van der Waals surface area (Å²) in [7, 11) is 1.75. The lowest BCUT2D eigenvalue weighted by molar-refractivity contribution is 0.0795. The summed E-state index contributed by atoms with van der Waals surface area (Å²) in [4.78, 5) is 2.46. The van der Waals surface area contributed by atoms with Crippen LogP contribution in [0, 0.1) is 5.92 Å². The molecule has 0 radical (unpaired) electrons. The fourth-order valence-corrected chi connectivity index (χ4v) is 2.82. The Kier molecular flexibility index (Phi) is 9.64. The maximum atomic E-state index is 9.72. The molecule has 0 aliphatic rings. The van der Waals surface area contributed by atoms with E-state index in [1.807, 2.05) is 0 Å². The highest BCUT2D eigenvalue weighted by atomic mass is 16.5. The van der Waals surface area contributed by atoms with Crippen molar-refractivity contribution in [3.05, 3.63) is 0 Å². The van der Waals surface area contributed by atoms with Gasteiger partial charge in [0.1, 0.15) is 0 Å². The van der Waals surface area contributed by atoms with Gasteiger partial charge in [0, 0.05) is 37.8 Å². The maximum absolute atomic E-state index is 9.72. The minimum atomic E-state index is -0.226. The first kappa shape index (κ1) is 19.8. The second-order valence-corrected chi connectivity index (χ2v) is 6.95. The van der Waals surface area contributed by atoms with Crippen molar-refractivity contribution in [2.45, 2.75) is 65.6 Å². The van der Waals surface area contributed by atoms with Crippen molar-refractivity contribution in [2.75, 3.05) is 33.4 Å². The van der Waals surface area contributed by atoms with Gasteiger partial charge in [-0.2, -0.15) is 0 Å². The number of aliphatic hydroxyl groups excluding tert-OH is 1. The van der Waals surface area contributed by atoms with Gasteiger partial charge >= 0.3 is 0 Å². The number of hydrogen-bond acceptors (Lipinski definition) is 4. The zero-order chi connectivity index (χ0) is 15.8. The SMILES string of the molecule is COCCN(CC(C)C)C(C)CC(C)(CO)NC(C)C. The number of ether oxygens (including phenoxy) is 1. The van der Waals surface area contributed by atoms with Crippen LogP contribution in [-0.2, 0) is 4.74 Å². The molecule has 4 heteroatoms. The second-order valence-electron chi connectivity index (χ2n) is 6.95. The van der Waals surface area contributed by atoms with Gasteiger partial charge in [-0.05, 0) is 26.2 Å². The number of hydrogen-bond donors (Lipinski definition) is 2. The van der Waals surface area contributed by atoms with Gasteiger partial charge in [0.15, 0.2) is 0 Å². The molecule has 0 aromatic rings. The number of rotatable bonds is 11. The molecule has 0 aromatic carbocycles. The maximum Gasteiger partial charge on any atom is 0.0611 e. The van der Waals surface area contributed by atoms with Crippen LogP contribution in [0.3, 0.4) is 0 Å². The zero-order valence-corrected chi connectivity index (χ0v) is 14.6. The summed E-state index contributed by atoms with van der Waals surface area (Å²) < 4.78 is 5.22. The molecule has 122 valence electrons. The quantitative estimate of drug-likeness (QED) is 0.611. The first-order chi connectivity index (χ1) is 9.24. The van der Waals surface area contributed by atoms with Crippen LogP contribution in [0.4, 0.5) is 0 Å². The molecule has 0 bridgehead atoms. The second kappa shape index (κ2) is 9.72. The van der Waals surface area contributed by atoms with Crippen molar-refractivity contribution in [2.24, 2.45) is 5.92 Å². The molecular formula is C16H36N2O2. The van der Waals surface area contributed by atoms with Crippen molar-refractivity contribution in [3.8, 4) is 0 Å². The summed E-state index contributed by atoms with van der Waals surface area (Å²) in [6.07, 6.45) is 0.929. The first-order valence-electron chi connectivity index (χ1n) is 7.85. The van der Waals surface area contributed by atoms with Gasteiger partial charge in [-0.25, -0.2) is 0 Å². The van der Waals surface area contributed by atoms with Gasteiger partial charge < -0.3 is 15.2 Å². The van der Waals surface area contributed by atoms with Gasteiger partial charge in [0.2, 0.25) is 0 Å². The lowest BCUT2D eigenvalue weighted by Crippen LogP contribution is -2.53. The normalized spacial score (nSPS) is 16.9. The summed E-state index contributed by atoms with van der Waals surface area (Å²) in [6.45, 7) is 16.0. The number of nitrogens with one attached hydrogen (secondary N) is 1. The number of methoxy groups -OCH3 is 1. The van der Waals surface area contributed by atoms with E-state index in [1.54, 1.807) is 7.11 Å². The van der Waals surface area contributed by atoms with Gasteiger partial charge in [-0.15, -0.1) is 0 Å². The highest BCUT2D eigenvalue weighted by Crippen LogP contribution is 2.18. The summed E-state index contributed by atoms with van der Waals surface area (Å²) in [6, 6.07) is 0.785. The molecule has 0 saturated heterocycles. The van der Waals surface area contributed by atoms with E-state index in [9.17, 15) is 5.11 Å². The Bertz CT molecular complexity index is 247. The molecule has 0 saturated carbocycles. The Morgan fingerprint density at radius 2 is 1.80 bits per heavy atom. The number of nitrogens with zero attached hydrogens (tertiary/aromatic N) is 1. The van der Waals surface area contributed by atoms with Gasteiger partial charge in [-0.3, -0.25) is 4.90 Å². The topological polar surface area (TPSA) is 44.7 Å². The van der Waals surface area contributed by atoms with Crippen LogP contribution >= 0.6 is 0 Å². The molecular weight excluding hydrogens is 252 g/mol. The Labute approximate surface area is 125 Å². The molecule has 0 aromatic heterocycles. The fraction of sp³-hybridized carbons (Fsp3) is 1.00. The van der Waals surface area contributed by atoms with Crippen LogP contribution in [0.2, 0.25) is 0 Å². The highest BCUT2D eigenvalue weighted by molar-refractivity contribution is 4.88. The summed E-state index contributed by atoms with van der Waals surface area (Å²) in [5.74, 6) is 0.632. The van der Waals surface area contributed by atoms with Crippen LogP contribution in [0.15, 0.2) is 0 Å². The predicted octanol–water partition coefficient (Wildman–Crippen LogP) is 2.12. The Morgan fingerprint density at radius 3 is 2.20 bits per heavy atom. The van der Waals surface area contributed by atoms with E-state index in [-0.39, 0.29) is 12.1 Å². The van der Waals surface area contributed by atoms with E-state index in [1.165, 1.54) is 0 Å². The fourth-order valence-electron chi connectivity index (χ4n) is 2.82. The van der Waals surface area contributed by atoms with E-state index < -0.39 is 0 Å². The van der Waals surface area contributed by atoms with Crippen LogP contribution < -0.4 is 5.32 Å². The first-order valence-corrected chi connectivity index (χ1v) is 7.85. The Balaban J connectivity index is 4.64. The van der Waals surface area contributed by atoms with Gasteiger partial charge in [0.25, 0.3) is 0 Å². The standard InChI is InChI=1S/C16H36N2O2/c1-13(2)11-18(8-9-20-7)15(5)10-16(6,12-19)17-14(3)4/h13-15,17,19H,8-12H2,1-7H3. The van der Waals surface area contributed by atoms with Crippen molar-refractivity contribution < 1.29 is 9.84 Å². The van der Waals surface area contributed by atoms with E-state index in [2.05, 4.69) is 51.8 Å². The monoisotopic (exact) mass is 288 g/mol. The van der Waals surface area contributed by atoms with Crippen molar-refractivity contribution >= 4 is 0 Å². The largest absolute Gasteiger partial charge is 0.394 e. The summed E-state index contributed by atoms with van der Waals surface area (Å²) >= 11 is 0. The summed E-state index contributed by atoms with van der Waals surface area (Å²) in [5, 5.41) is 13.2. The van der Waals surface area contributed by atoms with Gasteiger partial charge in [-0.1, -0.05) is 27.7 Å². The zero-order valence-electron chi connectivity index (χ0n) is 14.6. The minimum Gasteiger partial charge on any atom is -0.394 e. The molecule has 0 spiro atoms. The minimum absolute atomic E-state index is 0.162. The molecule has 0 rings (SSSR count). The Hall–Kier alpha value is -0.160. The van der Waals surface area contributed by atoms with E-state index in [0.717, 1.165) is 26.1 Å². The lowest BCUT2D eigenvalue weighted by atomic mass is 9.92. The van der Waals surface area contributed by atoms with Gasteiger partial charge in [0.05, 0.1) is 13.2 Å². The molecule has 20 heavy (non-hydrogen) atoms. The van der Waals surface area contributed by atoms with Crippen molar-refractivity contribution in [1.29, 1.82) is 0 Å². The van der Waals surface area contributed by atoms with Crippen LogP contribution in [0.1, 0.15) is 48.0 Å². The third-order valence-electron chi connectivity index (χ3n) is 3.54. The van der Waals surface area contributed by atoms with Crippen molar-refractivity contribution in [1.82, 2.24) is 10.2 Å². The van der Waals surface area contributed by atoms with Crippen molar-refractivity contribution in [3.63, 3.8) is 0 Å². The molecule has 4 nitrogen and oxygen atoms in total. The summed E-state index contributed by atoms with van der Waals surface area (Å²) in [5.41, 5.74) is -0.226. The highest BCUT2D eigenvalue weighted by Gasteiger charge is 2.28. The van der Waals surface area contributed by atoms with E-state index in [0.29, 0.717) is 18.0 Å². The lowest BCUT2D eigenvalue weighted by Gasteiger charge is -2.38. The molecule has 0 aliphatic heterocycles. The third kappa shape index (κ3) is 8.20. The number of aliphatic hydroxyl groups is 1. The molecule has 0 heterocycles. The molecule has 0 amide bonds. The van der Waals surface area contributed by atoms with Crippen LogP contribution in [0.5, 0.6) is 0 Å². The average molecular weight is 288 g/mol. The smallest absolute Gasteiger partial charge is 0.0611 e. The molecule has 2 N–H and O–H groups in total. The van der Waals surface area contributed by atoms with Crippen LogP contribution in [0.25, 0.3) is 0 Å². The molecule has 2 unspecified atom stereocenters. The molecule has 0 aliphatic carbocycles. The predicted molar refractivity (Wildman–Crippen MR) is 86.1 cm³/mol. The molecule has 2 atom stereocenters. The van der Waals surface area contributed by atoms with E-state index in [4.69, 9.17) is 4.74 Å². The Morgan fingerprint density at radius 1 is 1.20 bits per heavy atom. The van der Waals surface area contributed by atoms with E-state index >= 15 is 0 Å². The molecule has 0 fully saturated rings. The third-order valence-corrected chi connectivity index (χ3v) is 3.54. The van der Waals surface area contributed by atoms with Crippen LogP contribution in [-0.4, -0.2) is 61.0 Å². The average Bonchev–Trinajstić information content (AvgIpc) is 2.32.